The molecule has 6 heteroatoms. The molecule has 128 valence electrons. The Kier molecular flexibility index (Phi) is 4.74. The molecule has 24 heavy (non-hydrogen) atoms. The lowest BCUT2D eigenvalue weighted by molar-refractivity contribution is -0.131. The van der Waals surface area contributed by atoms with Crippen LogP contribution in [-0.4, -0.2) is 47.2 Å². The molecule has 6 nitrogen and oxygen atoms in total. The average molecular weight is 329 g/mol. The van der Waals surface area contributed by atoms with Gasteiger partial charge in [-0.15, -0.1) is 0 Å². The van der Waals surface area contributed by atoms with Crippen LogP contribution in [0.2, 0.25) is 0 Å². The molecule has 0 spiro atoms. The van der Waals surface area contributed by atoms with Crippen LogP contribution >= 0.6 is 0 Å². The van der Waals surface area contributed by atoms with Gasteiger partial charge in [0.1, 0.15) is 11.5 Å². The molecule has 3 rings (SSSR count). The van der Waals surface area contributed by atoms with Gasteiger partial charge in [-0.3, -0.25) is 4.79 Å². The zero-order valence-corrected chi connectivity index (χ0v) is 14.2. The Hall–Kier alpha value is -2.50. The zero-order valence-electron chi connectivity index (χ0n) is 14.2. The van der Waals surface area contributed by atoms with Gasteiger partial charge in [0.05, 0.1) is 5.69 Å². The van der Waals surface area contributed by atoms with Crippen LogP contribution in [0.1, 0.15) is 23.4 Å². The van der Waals surface area contributed by atoms with Crippen molar-refractivity contribution in [3.05, 3.63) is 41.3 Å². The number of carbonyl (C=O) groups is 1. The van der Waals surface area contributed by atoms with Gasteiger partial charge in [-0.05, 0) is 32.4 Å². The molecule has 2 aromatic rings. The normalized spacial score (nSPS) is 14.9. The lowest BCUT2D eigenvalue weighted by Crippen LogP contribution is -2.48. The van der Waals surface area contributed by atoms with E-state index in [0.717, 1.165) is 35.8 Å². The quantitative estimate of drug-likeness (QED) is 0.932. The van der Waals surface area contributed by atoms with E-state index in [2.05, 4.69) is 10.1 Å². The second-order valence-electron chi connectivity index (χ2n) is 6.19. The van der Waals surface area contributed by atoms with Crippen LogP contribution < -0.4 is 4.90 Å². The molecule has 1 aliphatic rings. The largest absolute Gasteiger partial charge is 0.508 e. The molecule has 1 N–H and O–H groups in total. The number of piperazine rings is 1. The van der Waals surface area contributed by atoms with Gasteiger partial charge in [0.25, 0.3) is 0 Å². The Labute approximate surface area is 141 Å². The van der Waals surface area contributed by atoms with E-state index in [0.29, 0.717) is 25.9 Å². The van der Waals surface area contributed by atoms with E-state index in [1.54, 1.807) is 12.1 Å². The number of hydrogen-bond acceptors (Lipinski definition) is 5. The Morgan fingerprint density at radius 1 is 1.25 bits per heavy atom. The maximum absolute atomic E-state index is 12.4. The predicted octanol–water partition coefficient (Wildman–Crippen LogP) is 2.28. The van der Waals surface area contributed by atoms with Crippen LogP contribution in [0.3, 0.4) is 0 Å². The molecular formula is C18H23N3O3. The second kappa shape index (κ2) is 6.95. The highest BCUT2D eigenvalue weighted by atomic mass is 16.5. The van der Waals surface area contributed by atoms with Gasteiger partial charge in [0.2, 0.25) is 5.91 Å². The van der Waals surface area contributed by atoms with Gasteiger partial charge >= 0.3 is 0 Å². The molecule has 0 unspecified atom stereocenters. The highest BCUT2D eigenvalue weighted by molar-refractivity contribution is 5.77. The van der Waals surface area contributed by atoms with Crippen molar-refractivity contribution in [3.63, 3.8) is 0 Å². The van der Waals surface area contributed by atoms with Gasteiger partial charge in [0.15, 0.2) is 0 Å². The highest BCUT2D eigenvalue weighted by Crippen LogP contribution is 2.22. The number of carbonyl (C=O) groups excluding carboxylic acids is 1. The minimum Gasteiger partial charge on any atom is -0.508 e. The number of benzene rings is 1. The molecule has 0 saturated carbocycles. The Bertz CT molecular complexity index is 699. The topological polar surface area (TPSA) is 69.8 Å². The summed E-state index contributed by atoms with van der Waals surface area (Å²) in [6.45, 7) is 6.76. The lowest BCUT2D eigenvalue weighted by atomic mass is 10.1. The lowest BCUT2D eigenvalue weighted by Gasteiger charge is -2.36. The fourth-order valence-electron chi connectivity index (χ4n) is 3.15. The van der Waals surface area contributed by atoms with Crippen molar-refractivity contribution in [2.75, 3.05) is 31.1 Å². The van der Waals surface area contributed by atoms with Crippen molar-refractivity contribution >= 4 is 11.6 Å². The van der Waals surface area contributed by atoms with Crippen LogP contribution in [0.25, 0.3) is 0 Å². The van der Waals surface area contributed by atoms with Crippen LogP contribution in [0.4, 0.5) is 5.69 Å². The molecule has 1 aromatic heterocycles. The molecule has 0 radical (unpaired) electrons. The van der Waals surface area contributed by atoms with Crippen LogP contribution in [0.5, 0.6) is 5.75 Å². The summed E-state index contributed by atoms with van der Waals surface area (Å²) >= 11 is 0. The Morgan fingerprint density at radius 2 is 2.00 bits per heavy atom. The van der Waals surface area contributed by atoms with Crippen molar-refractivity contribution in [3.8, 4) is 5.75 Å². The summed E-state index contributed by atoms with van der Waals surface area (Å²) in [7, 11) is 0. The SMILES string of the molecule is Cc1noc(C)c1CCC(=O)N1CCN(c2cccc(O)c2)CC1. The van der Waals surface area contributed by atoms with E-state index in [1.807, 2.05) is 30.9 Å². The van der Waals surface area contributed by atoms with Crippen LogP contribution in [-0.2, 0) is 11.2 Å². The molecule has 0 atom stereocenters. The number of aromatic nitrogens is 1. The van der Waals surface area contributed by atoms with Crippen molar-refractivity contribution in [1.82, 2.24) is 10.1 Å². The number of rotatable bonds is 4. The Balaban J connectivity index is 1.52. The maximum atomic E-state index is 12.4. The summed E-state index contributed by atoms with van der Waals surface area (Å²) in [5, 5.41) is 13.5. The first-order valence-electron chi connectivity index (χ1n) is 8.28. The van der Waals surface area contributed by atoms with E-state index in [-0.39, 0.29) is 11.7 Å². The van der Waals surface area contributed by atoms with Crippen molar-refractivity contribution in [1.29, 1.82) is 0 Å². The Morgan fingerprint density at radius 3 is 2.62 bits per heavy atom. The van der Waals surface area contributed by atoms with Gasteiger partial charge in [-0.25, -0.2) is 0 Å². The van der Waals surface area contributed by atoms with Gasteiger partial charge < -0.3 is 19.4 Å². The van der Waals surface area contributed by atoms with Gasteiger partial charge in [0, 0.05) is 49.9 Å². The van der Waals surface area contributed by atoms with Crippen molar-refractivity contribution in [2.45, 2.75) is 26.7 Å². The molecule has 2 heterocycles. The maximum Gasteiger partial charge on any atom is 0.223 e. The number of aryl methyl sites for hydroxylation is 2. The summed E-state index contributed by atoms with van der Waals surface area (Å²) in [5.74, 6) is 1.24. The first-order valence-corrected chi connectivity index (χ1v) is 8.28. The smallest absolute Gasteiger partial charge is 0.223 e. The second-order valence-corrected chi connectivity index (χ2v) is 6.19. The van der Waals surface area contributed by atoms with E-state index < -0.39 is 0 Å². The number of phenolic OH excluding ortho intramolecular Hbond substituents is 1. The number of amides is 1. The van der Waals surface area contributed by atoms with Crippen LogP contribution in [0.15, 0.2) is 28.8 Å². The average Bonchev–Trinajstić information content (AvgIpc) is 2.91. The summed E-state index contributed by atoms with van der Waals surface area (Å²) in [4.78, 5) is 16.5. The van der Waals surface area contributed by atoms with Gasteiger partial charge in [-0.1, -0.05) is 11.2 Å². The minimum absolute atomic E-state index is 0.172. The predicted molar refractivity (Wildman–Crippen MR) is 91.2 cm³/mol. The van der Waals surface area contributed by atoms with E-state index in [4.69, 9.17) is 4.52 Å². The molecule has 0 aliphatic carbocycles. The molecular weight excluding hydrogens is 306 g/mol. The number of aromatic hydroxyl groups is 1. The standard InChI is InChI=1S/C18H23N3O3/c1-13-17(14(2)24-19-13)6-7-18(23)21-10-8-20(9-11-21)15-4-3-5-16(22)12-15/h3-5,12,22H,6-11H2,1-2H3. The zero-order chi connectivity index (χ0) is 17.1. The highest BCUT2D eigenvalue weighted by Gasteiger charge is 2.22. The molecule has 0 bridgehead atoms. The summed E-state index contributed by atoms with van der Waals surface area (Å²) < 4.78 is 5.14. The van der Waals surface area contributed by atoms with Crippen LogP contribution in [0, 0.1) is 13.8 Å². The van der Waals surface area contributed by atoms with E-state index in [1.165, 1.54) is 0 Å². The van der Waals surface area contributed by atoms with E-state index >= 15 is 0 Å². The molecule has 1 fully saturated rings. The third kappa shape index (κ3) is 3.53. The minimum atomic E-state index is 0.172. The summed E-state index contributed by atoms with van der Waals surface area (Å²) in [6.07, 6.45) is 1.15. The fourth-order valence-corrected chi connectivity index (χ4v) is 3.15. The molecule has 1 saturated heterocycles. The van der Waals surface area contributed by atoms with Crippen molar-refractivity contribution < 1.29 is 14.4 Å². The molecule has 1 amide bonds. The number of hydrogen-bond donors (Lipinski definition) is 1. The first-order chi connectivity index (χ1) is 11.5. The fraction of sp³-hybridized carbons (Fsp3) is 0.444. The number of anilines is 1. The van der Waals surface area contributed by atoms with E-state index in [9.17, 15) is 9.90 Å². The first kappa shape index (κ1) is 16.4. The monoisotopic (exact) mass is 329 g/mol. The van der Waals surface area contributed by atoms with Crippen molar-refractivity contribution in [2.24, 2.45) is 0 Å². The summed E-state index contributed by atoms with van der Waals surface area (Å²) in [5.41, 5.74) is 2.91. The number of nitrogens with zero attached hydrogens (tertiary/aromatic N) is 3. The third-order valence-corrected chi connectivity index (χ3v) is 4.60. The van der Waals surface area contributed by atoms with Gasteiger partial charge in [-0.2, -0.15) is 0 Å². The molecule has 1 aliphatic heterocycles. The summed E-state index contributed by atoms with van der Waals surface area (Å²) in [6, 6.07) is 7.24. The third-order valence-electron chi connectivity index (χ3n) is 4.60. The number of phenols is 1. The molecule has 1 aromatic carbocycles.